The van der Waals surface area contributed by atoms with Crippen molar-refractivity contribution in [3.05, 3.63) is 0 Å². The van der Waals surface area contributed by atoms with Crippen molar-refractivity contribution in [3.8, 4) is 0 Å². The van der Waals surface area contributed by atoms with Crippen LogP contribution in [-0.2, 0) is 9.53 Å². The summed E-state index contributed by atoms with van der Waals surface area (Å²) in [5, 5.41) is 8.90. The van der Waals surface area contributed by atoms with Crippen molar-refractivity contribution in [1.29, 1.82) is 0 Å². The van der Waals surface area contributed by atoms with Gasteiger partial charge in [-0.15, -0.1) is 0 Å². The minimum atomic E-state index is 0.193. The molecular weight excluding hydrogens is 218 g/mol. The Hall–Kier alpha value is -0.610. The largest absolute Gasteiger partial charge is 0.396 e. The fourth-order valence-corrected chi connectivity index (χ4v) is 2.83. The van der Waals surface area contributed by atoms with E-state index < -0.39 is 0 Å². The number of carbonyl (C=O) groups is 1. The van der Waals surface area contributed by atoms with Crippen LogP contribution in [-0.4, -0.2) is 48.8 Å². The average Bonchev–Trinajstić information content (AvgIpc) is 2.40. The van der Waals surface area contributed by atoms with E-state index in [0.29, 0.717) is 11.8 Å². The van der Waals surface area contributed by atoms with E-state index in [1.54, 1.807) is 0 Å². The molecule has 4 nitrogen and oxygen atoms in total. The Bertz CT molecular complexity index is 243. The van der Waals surface area contributed by atoms with E-state index in [1.807, 2.05) is 4.90 Å². The molecule has 0 aromatic rings. The van der Waals surface area contributed by atoms with Gasteiger partial charge in [-0.05, 0) is 38.0 Å². The first-order valence-corrected chi connectivity index (χ1v) is 6.78. The van der Waals surface area contributed by atoms with Gasteiger partial charge in [0.1, 0.15) is 0 Å². The third kappa shape index (κ3) is 3.42. The minimum absolute atomic E-state index is 0.193. The molecule has 0 aromatic heterocycles. The van der Waals surface area contributed by atoms with E-state index in [2.05, 4.69) is 0 Å². The molecule has 0 spiro atoms. The predicted molar refractivity (Wildman–Crippen MR) is 64.5 cm³/mol. The van der Waals surface area contributed by atoms with Gasteiger partial charge in [-0.3, -0.25) is 4.79 Å². The molecule has 2 aliphatic rings. The quantitative estimate of drug-likeness (QED) is 0.803. The number of carbonyl (C=O) groups excluding carboxylic acids is 1. The molecule has 1 amide bonds. The fraction of sp³-hybridized carbons (Fsp3) is 0.923. The molecule has 0 bridgehead atoms. The Labute approximate surface area is 103 Å². The Morgan fingerprint density at radius 3 is 2.41 bits per heavy atom. The zero-order valence-corrected chi connectivity index (χ0v) is 10.4. The molecule has 2 heterocycles. The van der Waals surface area contributed by atoms with Crippen LogP contribution in [0.1, 0.15) is 32.1 Å². The molecule has 2 fully saturated rings. The van der Waals surface area contributed by atoms with E-state index in [9.17, 15) is 4.79 Å². The lowest BCUT2D eigenvalue weighted by atomic mass is 9.92. The van der Waals surface area contributed by atoms with Crippen LogP contribution in [0.25, 0.3) is 0 Å². The van der Waals surface area contributed by atoms with Gasteiger partial charge in [-0.25, -0.2) is 0 Å². The molecule has 0 atom stereocenters. The average molecular weight is 241 g/mol. The topological polar surface area (TPSA) is 49.8 Å². The summed E-state index contributed by atoms with van der Waals surface area (Å²) in [6.45, 7) is 3.50. The summed E-state index contributed by atoms with van der Waals surface area (Å²) in [6.07, 6.45) is 4.76. The minimum Gasteiger partial charge on any atom is -0.396 e. The monoisotopic (exact) mass is 241 g/mol. The molecule has 0 unspecified atom stereocenters. The van der Waals surface area contributed by atoms with Gasteiger partial charge in [-0.1, -0.05) is 0 Å². The van der Waals surface area contributed by atoms with Crippen LogP contribution < -0.4 is 0 Å². The molecule has 17 heavy (non-hydrogen) atoms. The van der Waals surface area contributed by atoms with Crippen molar-refractivity contribution in [3.63, 3.8) is 0 Å². The lowest BCUT2D eigenvalue weighted by Crippen LogP contribution is -2.43. The number of aliphatic hydroxyl groups excluding tert-OH is 1. The van der Waals surface area contributed by atoms with E-state index in [0.717, 1.165) is 58.4 Å². The normalized spacial score (nSPS) is 23.9. The first-order chi connectivity index (χ1) is 8.31. The predicted octanol–water partition coefficient (Wildman–Crippen LogP) is 1.03. The highest BCUT2D eigenvalue weighted by molar-refractivity contribution is 5.79. The lowest BCUT2D eigenvalue weighted by molar-refractivity contribution is -0.140. The van der Waals surface area contributed by atoms with Gasteiger partial charge >= 0.3 is 0 Å². The molecule has 1 N–H and O–H groups in total. The first-order valence-electron chi connectivity index (χ1n) is 6.78. The molecule has 0 aromatic carbocycles. The molecular formula is C13H23NO3. The smallest absolute Gasteiger partial charge is 0.225 e. The Balaban J connectivity index is 1.77. The van der Waals surface area contributed by atoms with Gasteiger partial charge in [0.05, 0.1) is 0 Å². The van der Waals surface area contributed by atoms with Crippen LogP contribution in [0.3, 0.4) is 0 Å². The van der Waals surface area contributed by atoms with Gasteiger partial charge < -0.3 is 14.7 Å². The van der Waals surface area contributed by atoms with Crippen LogP contribution >= 0.6 is 0 Å². The van der Waals surface area contributed by atoms with Crippen LogP contribution in [0.5, 0.6) is 0 Å². The lowest BCUT2D eigenvalue weighted by Gasteiger charge is -2.35. The fourth-order valence-electron chi connectivity index (χ4n) is 2.83. The summed E-state index contributed by atoms with van der Waals surface area (Å²) in [4.78, 5) is 14.3. The standard InChI is InChI=1S/C13H23NO3/c15-8-3-11-1-6-14(7-2-11)13(16)12-4-9-17-10-5-12/h11-12,15H,1-10H2. The Kier molecular flexibility index (Phi) is 4.80. The summed E-state index contributed by atoms with van der Waals surface area (Å²) >= 11 is 0. The molecule has 2 saturated heterocycles. The number of rotatable bonds is 3. The second kappa shape index (κ2) is 6.36. The van der Waals surface area contributed by atoms with Crippen molar-refractivity contribution >= 4 is 5.91 Å². The summed E-state index contributed by atoms with van der Waals surface area (Å²) in [7, 11) is 0. The number of amides is 1. The molecule has 2 aliphatic heterocycles. The number of hydrogen-bond acceptors (Lipinski definition) is 3. The number of aliphatic hydroxyl groups is 1. The van der Waals surface area contributed by atoms with Crippen molar-refractivity contribution in [1.82, 2.24) is 4.90 Å². The van der Waals surface area contributed by atoms with Crippen LogP contribution in [0.15, 0.2) is 0 Å². The van der Waals surface area contributed by atoms with E-state index in [-0.39, 0.29) is 12.5 Å². The number of piperidine rings is 1. The molecule has 4 heteroatoms. The number of ether oxygens (including phenoxy) is 1. The van der Waals surface area contributed by atoms with Gasteiger partial charge in [0.25, 0.3) is 0 Å². The van der Waals surface area contributed by atoms with Gasteiger partial charge in [-0.2, -0.15) is 0 Å². The first kappa shape index (κ1) is 12.8. The number of hydrogen-bond donors (Lipinski definition) is 1. The van der Waals surface area contributed by atoms with Crippen LogP contribution in [0.4, 0.5) is 0 Å². The van der Waals surface area contributed by atoms with Gasteiger partial charge in [0, 0.05) is 38.8 Å². The van der Waals surface area contributed by atoms with Crippen molar-refractivity contribution in [2.45, 2.75) is 32.1 Å². The Morgan fingerprint density at radius 2 is 1.82 bits per heavy atom. The Morgan fingerprint density at radius 1 is 1.18 bits per heavy atom. The highest BCUT2D eigenvalue weighted by Crippen LogP contribution is 2.24. The highest BCUT2D eigenvalue weighted by atomic mass is 16.5. The van der Waals surface area contributed by atoms with Crippen LogP contribution in [0, 0.1) is 11.8 Å². The highest BCUT2D eigenvalue weighted by Gasteiger charge is 2.29. The van der Waals surface area contributed by atoms with Crippen molar-refractivity contribution in [2.24, 2.45) is 11.8 Å². The number of nitrogens with zero attached hydrogens (tertiary/aromatic N) is 1. The maximum atomic E-state index is 12.2. The maximum absolute atomic E-state index is 12.2. The zero-order chi connectivity index (χ0) is 12.1. The molecule has 2 rings (SSSR count). The summed E-state index contributed by atoms with van der Waals surface area (Å²) in [6, 6.07) is 0. The molecule has 0 radical (unpaired) electrons. The molecule has 0 aliphatic carbocycles. The SMILES string of the molecule is O=C(C1CCOCC1)N1CCC(CCO)CC1. The van der Waals surface area contributed by atoms with E-state index in [1.165, 1.54) is 0 Å². The van der Waals surface area contributed by atoms with Crippen LogP contribution in [0.2, 0.25) is 0 Å². The maximum Gasteiger partial charge on any atom is 0.225 e. The molecule has 0 saturated carbocycles. The van der Waals surface area contributed by atoms with Crippen molar-refractivity contribution in [2.75, 3.05) is 32.9 Å². The summed E-state index contributed by atoms with van der Waals surface area (Å²) in [5.74, 6) is 1.13. The third-order valence-corrected chi connectivity index (χ3v) is 4.03. The molecule has 98 valence electrons. The third-order valence-electron chi connectivity index (χ3n) is 4.03. The second-order valence-electron chi connectivity index (χ2n) is 5.17. The van der Waals surface area contributed by atoms with Gasteiger partial charge in [0.15, 0.2) is 0 Å². The van der Waals surface area contributed by atoms with Crippen molar-refractivity contribution < 1.29 is 14.6 Å². The number of likely N-dealkylation sites (tertiary alicyclic amines) is 1. The second-order valence-corrected chi connectivity index (χ2v) is 5.17. The van der Waals surface area contributed by atoms with E-state index in [4.69, 9.17) is 9.84 Å². The summed E-state index contributed by atoms with van der Waals surface area (Å²) < 4.78 is 5.29. The van der Waals surface area contributed by atoms with Gasteiger partial charge in [0.2, 0.25) is 5.91 Å². The zero-order valence-electron chi connectivity index (χ0n) is 10.4. The summed E-state index contributed by atoms with van der Waals surface area (Å²) in [5.41, 5.74) is 0. The van der Waals surface area contributed by atoms with E-state index >= 15 is 0 Å².